The zero-order valence-electron chi connectivity index (χ0n) is 15.6. The molecular weight excluding hydrogens is 497 g/mol. The SMILES string of the molecule is C=C1C(I)=CC(c2ccccc2)=C(c2c(F)cc(OCC(F)F)cc2F)N1CC. The van der Waals surface area contributed by atoms with Crippen LogP contribution in [0.25, 0.3) is 11.3 Å². The molecule has 1 aliphatic rings. The first-order valence-corrected chi connectivity index (χ1v) is 9.95. The van der Waals surface area contributed by atoms with Crippen molar-refractivity contribution in [3.05, 3.63) is 87.2 Å². The summed E-state index contributed by atoms with van der Waals surface area (Å²) >= 11 is 2.14. The summed E-state index contributed by atoms with van der Waals surface area (Å²) in [6.07, 6.45) is -0.905. The van der Waals surface area contributed by atoms with Crippen LogP contribution in [0, 0.1) is 11.6 Å². The molecule has 0 bridgehead atoms. The molecule has 0 atom stereocenters. The molecule has 0 aliphatic carbocycles. The minimum absolute atomic E-state index is 0.253. The number of likely N-dealkylation sites (N-methyl/N-ethyl adjacent to an activating group) is 1. The number of halogens is 5. The Kier molecular flexibility index (Phi) is 6.66. The fourth-order valence-electron chi connectivity index (χ4n) is 3.16. The normalized spacial score (nSPS) is 14.5. The predicted octanol–water partition coefficient (Wildman–Crippen LogP) is 6.65. The second kappa shape index (κ2) is 9.02. The Labute approximate surface area is 180 Å². The van der Waals surface area contributed by atoms with Gasteiger partial charge >= 0.3 is 0 Å². The Morgan fingerprint density at radius 3 is 2.28 bits per heavy atom. The Morgan fingerprint density at radius 1 is 1.10 bits per heavy atom. The molecule has 2 nitrogen and oxygen atoms in total. The predicted molar refractivity (Wildman–Crippen MR) is 115 cm³/mol. The van der Waals surface area contributed by atoms with E-state index in [9.17, 15) is 8.78 Å². The highest BCUT2D eigenvalue weighted by Crippen LogP contribution is 2.43. The first-order chi connectivity index (χ1) is 13.8. The fourth-order valence-corrected chi connectivity index (χ4v) is 3.77. The van der Waals surface area contributed by atoms with E-state index in [0.717, 1.165) is 21.3 Å². The summed E-state index contributed by atoms with van der Waals surface area (Å²) in [5.41, 5.74) is 2.14. The maximum Gasteiger partial charge on any atom is 0.272 e. The van der Waals surface area contributed by atoms with Crippen LogP contribution >= 0.6 is 22.6 Å². The summed E-state index contributed by atoms with van der Waals surface area (Å²) in [4.78, 5) is 1.74. The first kappa shape index (κ1) is 21.4. The third kappa shape index (κ3) is 4.49. The van der Waals surface area contributed by atoms with E-state index in [1.807, 2.05) is 43.3 Å². The van der Waals surface area contributed by atoms with Gasteiger partial charge in [0.2, 0.25) is 0 Å². The summed E-state index contributed by atoms with van der Waals surface area (Å²) in [6.45, 7) is 5.40. The van der Waals surface area contributed by atoms with Gasteiger partial charge in [0.1, 0.15) is 24.0 Å². The maximum atomic E-state index is 15.0. The lowest BCUT2D eigenvalue weighted by Gasteiger charge is -2.34. The molecule has 0 fully saturated rings. The van der Waals surface area contributed by atoms with Gasteiger partial charge in [-0.25, -0.2) is 17.6 Å². The van der Waals surface area contributed by atoms with Crippen LogP contribution < -0.4 is 4.74 Å². The van der Waals surface area contributed by atoms with E-state index in [0.29, 0.717) is 23.5 Å². The largest absolute Gasteiger partial charge is 0.487 e. The summed E-state index contributed by atoms with van der Waals surface area (Å²) < 4.78 is 60.4. The first-order valence-electron chi connectivity index (χ1n) is 8.87. The quantitative estimate of drug-likeness (QED) is 0.316. The van der Waals surface area contributed by atoms with Crippen LogP contribution in [0.1, 0.15) is 18.1 Å². The summed E-state index contributed by atoms with van der Waals surface area (Å²) in [5.74, 6) is -2.07. The number of rotatable bonds is 6. The topological polar surface area (TPSA) is 12.5 Å². The molecule has 1 heterocycles. The van der Waals surface area contributed by atoms with E-state index in [1.54, 1.807) is 4.90 Å². The van der Waals surface area contributed by atoms with Gasteiger partial charge < -0.3 is 9.64 Å². The lowest BCUT2D eigenvalue weighted by Crippen LogP contribution is -2.25. The molecule has 152 valence electrons. The molecule has 7 heteroatoms. The Morgan fingerprint density at radius 2 is 1.72 bits per heavy atom. The Balaban J connectivity index is 2.22. The standard InChI is InChI=1S/C22H18F4INO/c1-3-28-13(2)19(27)11-16(14-7-5-4-6-8-14)22(28)21-17(23)9-15(10-18(21)24)29-12-20(25)26/h4-11,20H,2-3,12H2,1H3. The molecule has 0 saturated heterocycles. The van der Waals surface area contributed by atoms with Crippen molar-refractivity contribution in [1.82, 2.24) is 4.90 Å². The fraction of sp³-hybridized carbons (Fsp3) is 0.182. The van der Waals surface area contributed by atoms with Crippen molar-refractivity contribution < 1.29 is 22.3 Å². The summed E-state index contributed by atoms with van der Waals surface area (Å²) in [6, 6.07) is 11.1. The average Bonchev–Trinajstić information content (AvgIpc) is 2.69. The molecule has 29 heavy (non-hydrogen) atoms. The van der Waals surface area contributed by atoms with E-state index in [4.69, 9.17) is 4.74 Å². The molecule has 2 aromatic rings. The summed E-state index contributed by atoms with van der Waals surface area (Å²) in [7, 11) is 0. The van der Waals surface area contributed by atoms with Crippen molar-refractivity contribution in [2.75, 3.05) is 13.2 Å². The van der Waals surface area contributed by atoms with Crippen LogP contribution in [0.2, 0.25) is 0 Å². The smallest absolute Gasteiger partial charge is 0.272 e. The van der Waals surface area contributed by atoms with Gasteiger partial charge in [-0.1, -0.05) is 36.9 Å². The van der Waals surface area contributed by atoms with E-state index in [-0.39, 0.29) is 11.3 Å². The molecule has 0 aromatic heterocycles. The number of benzene rings is 2. The van der Waals surface area contributed by atoms with Crippen molar-refractivity contribution in [1.29, 1.82) is 0 Å². The zero-order valence-corrected chi connectivity index (χ0v) is 17.7. The van der Waals surface area contributed by atoms with Crippen LogP contribution in [0.3, 0.4) is 0 Å². The molecule has 0 saturated carbocycles. The van der Waals surface area contributed by atoms with E-state index >= 15 is 8.78 Å². The van der Waals surface area contributed by atoms with Gasteiger partial charge in [0.15, 0.2) is 0 Å². The molecule has 1 aliphatic heterocycles. The van der Waals surface area contributed by atoms with E-state index < -0.39 is 24.7 Å². The molecule has 0 N–H and O–H groups in total. The van der Waals surface area contributed by atoms with Gasteiger partial charge in [-0.2, -0.15) is 0 Å². The van der Waals surface area contributed by atoms with Gasteiger partial charge in [0.05, 0.1) is 11.3 Å². The second-order valence-corrected chi connectivity index (χ2v) is 7.44. The molecule has 0 spiro atoms. The lowest BCUT2D eigenvalue weighted by atomic mass is 9.94. The lowest BCUT2D eigenvalue weighted by molar-refractivity contribution is 0.0815. The number of ether oxygens (including phenoxy) is 1. The van der Waals surface area contributed by atoms with Crippen molar-refractivity contribution in [3.8, 4) is 5.75 Å². The zero-order chi connectivity index (χ0) is 21.1. The maximum absolute atomic E-state index is 15.0. The molecule has 0 radical (unpaired) electrons. The van der Waals surface area contributed by atoms with Crippen molar-refractivity contribution in [2.24, 2.45) is 0 Å². The minimum Gasteiger partial charge on any atom is -0.487 e. The number of allylic oxidation sites excluding steroid dienone is 3. The van der Waals surface area contributed by atoms with Gasteiger partial charge in [0.25, 0.3) is 6.43 Å². The van der Waals surface area contributed by atoms with Gasteiger partial charge in [-0.05, 0) is 41.2 Å². The number of alkyl halides is 2. The highest BCUT2D eigenvalue weighted by Gasteiger charge is 2.29. The number of nitrogens with zero attached hydrogens (tertiary/aromatic N) is 1. The van der Waals surface area contributed by atoms with E-state index in [2.05, 4.69) is 29.2 Å². The van der Waals surface area contributed by atoms with Crippen molar-refractivity contribution in [3.63, 3.8) is 0 Å². The number of hydrogen-bond acceptors (Lipinski definition) is 2. The average molecular weight is 515 g/mol. The van der Waals surface area contributed by atoms with Crippen LogP contribution in [0.5, 0.6) is 5.75 Å². The van der Waals surface area contributed by atoms with Crippen molar-refractivity contribution >= 4 is 33.9 Å². The van der Waals surface area contributed by atoms with Gasteiger partial charge in [-0.3, -0.25) is 0 Å². The Hall–Kier alpha value is -2.29. The highest BCUT2D eigenvalue weighted by molar-refractivity contribution is 14.1. The molecule has 3 rings (SSSR count). The third-order valence-electron chi connectivity index (χ3n) is 4.43. The van der Waals surface area contributed by atoms with Crippen LogP contribution in [-0.4, -0.2) is 24.5 Å². The van der Waals surface area contributed by atoms with Crippen LogP contribution in [0.15, 0.2) is 64.4 Å². The van der Waals surface area contributed by atoms with Gasteiger partial charge in [0, 0.05) is 33.5 Å². The third-order valence-corrected chi connectivity index (χ3v) is 5.36. The molecule has 0 amide bonds. The number of hydrogen-bond donors (Lipinski definition) is 0. The van der Waals surface area contributed by atoms with Crippen LogP contribution in [0.4, 0.5) is 17.6 Å². The van der Waals surface area contributed by atoms with Crippen LogP contribution in [-0.2, 0) is 0 Å². The minimum atomic E-state index is -2.74. The Bertz CT molecular complexity index is 963. The van der Waals surface area contributed by atoms with Crippen molar-refractivity contribution in [2.45, 2.75) is 13.3 Å². The summed E-state index contributed by atoms with van der Waals surface area (Å²) in [5, 5.41) is 0. The van der Waals surface area contributed by atoms with E-state index in [1.165, 1.54) is 0 Å². The molecular formula is C22H18F4INO. The monoisotopic (exact) mass is 515 g/mol. The van der Waals surface area contributed by atoms with Gasteiger partial charge in [-0.15, -0.1) is 0 Å². The molecule has 0 unspecified atom stereocenters. The second-order valence-electron chi connectivity index (χ2n) is 6.28. The molecule has 2 aromatic carbocycles. The highest BCUT2D eigenvalue weighted by atomic mass is 127.